The number of rotatable bonds is 4. The highest BCUT2D eigenvalue weighted by atomic mass is 16.6. The van der Waals surface area contributed by atoms with Crippen molar-refractivity contribution in [2.45, 2.75) is 19.4 Å². The second-order valence-electron chi connectivity index (χ2n) is 5.18. The maximum absolute atomic E-state index is 11.7. The quantitative estimate of drug-likeness (QED) is 0.629. The van der Waals surface area contributed by atoms with Crippen molar-refractivity contribution in [3.8, 4) is 11.4 Å². The van der Waals surface area contributed by atoms with Crippen LogP contribution in [-0.4, -0.2) is 39.4 Å². The van der Waals surface area contributed by atoms with Gasteiger partial charge in [0.2, 0.25) is 0 Å². The van der Waals surface area contributed by atoms with Gasteiger partial charge in [0.15, 0.2) is 5.82 Å². The Morgan fingerprint density at radius 3 is 3.09 bits per heavy atom. The molecule has 0 bridgehead atoms. The van der Waals surface area contributed by atoms with Gasteiger partial charge in [0.25, 0.3) is 0 Å². The minimum Gasteiger partial charge on any atom is -0.462 e. The van der Waals surface area contributed by atoms with E-state index in [0.29, 0.717) is 5.82 Å². The Kier molecular flexibility index (Phi) is 4.18. The molecule has 1 atom stereocenters. The van der Waals surface area contributed by atoms with Gasteiger partial charge in [-0.15, -0.1) is 5.10 Å². The molecule has 2 heterocycles. The summed E-state index contributed by atoms with van der Waals surface area (Å²) < 4.78 is 11.2. The molecule has 0 amide bonds. The molecular formula is C16H15N3O4. The average Bonchev–Trinajstić information content (AvgIpc) is 3.14. The lowest BCUT2D eigenvalue weighted by atomic mass is 10.1. The molecule has 3 rings (SSSR count). The Morgan fingerprint density at radius 1 is 1.48 bits per heavy atom. The van der Waals surface area contributed by atoms with Crippen LogP contribution in [0.2, 0.25) is 0 Å². The number of cyclic esters (lactones) is 1. The van der Waals surface area contributed by atoms with E-state index in [9.17, 15) is 9.59 Å². The molecule has 1 aliphatic heterocycles. The normalized spacial score (nSPS) is 17.4. The van der Waals surface area contributed by atoms with Crippen LogP contribution in [0.3, 0.4) is 0 Å². The summed E-state index contributed by atoms with van der Waals surface area (Å²) in [4.78, 5) is 26.8. The van der Waals surface area contributed by atoms with Crippen molar-refractivity contribution in [2.24, 2.45) is 0 Å². The predicted molar refractivity (Wildman–Crippen MR) is 81.0 cm³/mol. The molecule has 118 valence electrons. The SMILES string of the molecule is Cc1cccc(-c2ncn(/C=C\C(=O)OC3COC(=O)C3)n2)c1. The summed E-state index contributed by atoms with van der Waals surface area (Å²) in [6.07, 6.45) is 3.77. The second-order valence-corrected chi connectivity index (χ2v) is 5.18. The first kappa shape index (κ1) is 15.0. The lowest BCUT2D eigenvalue weighted by Gasteiger charge is -2.05. The molecule has 1 aromatic heterocycles. The Balaban J connectivity index is 1.62. The highest BCUT2D eigenvalue weighted by Crippen LogP contribution is 2.15. The summed E-state index contributed by atoms with van der Waals surface area (Å²) in [5.74, 6) is -0.340. The van der Waals surface area contributed by atoms with E-state index in [1.165, 1.54) is 23.3 Å². The van der Waals surface area contributed by atoms with Crippen LogP contribution in [0, 0.1) is 6.92 Å². The third-order valence-electron chi connectivity index (χ3n) is 3.26. The maximum Gasteiger partial charge on any atom is 0.332 e. The van der Waals surface area contributed by atoms with E-state index in [4.69, 9.17) is 9.47 Å². The van der Waals surface area contributed by atoms with E-state index in [1.807, 2.05) is 31.2 Å². The van der Waals surface area contributed by atoms with Gasteiger partial charge in [0.05, 0.1) is 6.42 Å². The zero-order valence-corrected chi connectivity index (χ0v) is 12.5. The van der Waals surface area contributed by atoms with Gasteiger partial charge in [0.1, 0.15) is 19.0 Å². The highest BCUT2D eigenvalue weighted by Gasteiger charge is 2.26. The fraction of sp³-hybridized carbons (Fsp3) is 0.250. The van der Waals surface area contributed by atoms with Crippen LogP contribution < -0.4 is 0 Å². The minimum absolute atomic E-state index is 0.0976. The number of nitrogens with zero attached hydrogens (tertiary/aromatic N) is 3. The fourth-order valence-corrected chi connectivity index (χ4v) is 2.17. The first-order chi connectivity index (χ1) is 11.1. The number of hydrogen-bond donors (Lipinski definition) is 0. The molecule has 0 radical (unpaired) electrons. The molecule has 0 saturated carbocycles. The molecule has 2 aromatic rings. The van der Waals surface area contributed by atoms with Crippen molar-refractivity contribution in [1.82, 2.24) is 14.8 Å². The lowest BCUT2D eigenvalue weighted by Crippen LogP contribution is -2.16. The molecule has 0 spiro atoms. The molecule has 1 aromatic carbocycles. The zero-order valence-electron chi connectivity index (χ0n) is 12.5. The summed E-state index contributed by atoms with van der Waals surface area (Å²) >= 11 is 0. The van der Waals surface area contributed by atoms with Crippen LogP contribution in [0.1, 0.15) is 12.0 Å². The smallest absolute Gasteiger partial charge is 0.332 e. The number of carbonyl (C=O) groups excluding carboxylic acids is 2. The molecule has 1 fully saturated rings. The number of aromatic nitrogens is 3. The number of esters is 2. The number of aryl methyl sites for hydroxylation is 1. The van der Waals surface area contributed by atoms with Crippen molar-refractivity contribution in [1.29, 1.82) is 0 Å². The summed E-state index contributed by atoms with van der Waals surface area (Å²) in [5, 5.41) is 4.27. The van der Waals surface area contributed by atoms with Crippen LogP contribution in [0.15, 0.2) is 36.7 Å². The van der Waals surface area contributed by atoms with Crippen molar-refractivity contribution in [3.63, 3.8) is 0 Å². The summed E-state index contributed by atoms with van der Waals surface area (Å²) in [5.41, 5.74) is 2.02. The molecule has 1 unspecified atom stereocenters. The van der Waals surface area contributed by atoms with E-state index in [2.05, 4.69) is 10.1 Å². The predicted octanol–water partition coefficient (Wildman–Crippen LogP) is 1.58. The van der Waals surface area contributed by atoms with Gasteiger partial charge < -0.3 is 9.47 Å². The first-order valence-electron chi connectivity index (χ1n) is 7.13. The third kappa shape index (κ3) is 3.82. The zero-order chi connectivity index (χ0) is 16.2. The van der Waals surface area contributed by atoms with E-state index in [-0.39, 0.29) is 19.0 Å². The Labute approximate surface area is 132 Å². The van der Waals surface area contributed by atoms with Crippen molar-refractivity contribution >= 4 is 18.1 Å². The van der Waals surface area contributed by atoms with Crippen LogP contribution in [0.5, 0.6) is 0 Å². The van der Waals surface area contributed by atoms with Gasteiger partial charge in [0, 0.05) is 17.8 Å². The Morgan fingerprint density at radius 2 is 2.35 bits per heavy atom. The fourth-order valence-electron chi connectivity index (χ4n) is 2.17. The average molecular weight is 313 g/mol. The van der Waals surface area contributed by atoms with Gasteiger partial charge in [-0.25, -0.2) is 14.5 Å². The largest absolute Gasteiger partial charge is 0.462 e. The van der Waals surface area contributed by atoms with E-state index in [0.717, 1.165) is 11.1 Å². The van der Waals surface area contributed by atoms with Gasteiger partial charge in [-0.1, -0.05) is 23.8 Å². The van der Waals surface area contributed by atoms with Gasteiger partial charge in [-0.05, 0) is 13.0 Å². The number of hydrogen-bond acceptors (Lipinski definition) is 6. The second kappa shape index (κ2) is 6.43. The molecular weight excluding hydrogens is 298 g/mol. The third-order valence-corrected chi connectivity index (χ3v) is 3.26. The molecule has 0 aliphatic carbocycles. The lowest BCUT2D eigenvalue weighted by molar-refractivity contribution is -0.143. The highest BCUT2D eigenvalue weighted by molar-refractivity contribution is 5.85. The van der Waals surface area contributed by atoms with Crippen LogP contribution >= 0.6 is 0 Å². The molecule has 7 heteroatoms. The standard InChI is InChI=1S/C16H15N3O4/c1-11-3-2-4-12(7-11)16-17-10-19(18-16)6-5-14(20)23-13-8-15(21)22-9-13/h2-7,10,13H,8-9H2,1H3/b6-5-. The van der Waals surface area contributed by atoms with Crippen LogP contribution in [-0.2, 0) is 19.1 Å². The van der Waals surface area contributed by atoms with Crippen LogP contribution in [0.25, 0.3) is 17.6 Å². The van der Waals surface area contributed by atoms with Gasteiger partial charge in [-0.2, -0.15) is 0 Å². The van der Waals surface area contributed by atoms with Crippen LogP contribution in [0.4, 0.5) is 0 Å². The Hall–Kier alpha value is -2.96. The monoisotopic (exact) mass is 313 g/mol. The molecule has 1 saturated heterocycles. The minimum atomic E-state index is -0.555. The summed E-state index contributed by atoms with van der Waals surface area (Å²) in [6, 6.07) is 7.83. The molecule has 7 nitrogen and oxygen atoms in total. The number of benzene rings is 1. The Bertz CT molecular complexity index is 766. The van der Waals surface area contributed by atoms with E-state index < -0.39 is 12.1 Å². The molecule has 0 N–H and O–H groups in total. The first-order valence-corrected chi connectivity index (χ1v) is 7.13. The molecule has 1 aliphatic rings. The van der Waals surface area contributed by atoms with Crippen molar-refractivity contribution in [2.75, 3.05) is 6.61 Å². The topological polar surface area (TPSA) is 83.3 Å². The van der Waals surface area contributed by atoms with E-state index in [1.54, 1.807) is 0 Å². The van der Waals surface area contributed by atoms with Gasteiger partial charge >= 0.3 is 11.9 Å². The molecule has 23 heavy (non-hydrogen) atoms. The number of ether oxygens (including phenoxy) is 2. The van der Waals surface area contributed by atoms with Crippen molar-refractivity contribution < 1.29 is 19.1 Å². The number of carbonyl (C=O) groups is 2. The maximum atomic E-state index is 11.7. The van der Waals surface area contributed by atoms with Gasteiger partial charge in [-0.3, -0.25) is 4.79 Å². The summed E-state index contributed by atoms with van der Waals surface area (Å²) in [6.45, 7) is 2.10. The van der Waals surface area contributed by atoms with Crippen molar-refractivity contribution in [3.05, 3.63) is 42.2 Å². The van der Waals surface area contributed by atoms with E-state index >= 15 is 0 Å². The summed E-state index contributed by atoms with van der Waals surface area (Å²) in [7, 11) is 0.